The molecule has 1 saturated heterocycles. The van der Waals surface area contributed by atoms with Crippen LogP contribution < -0.4 is 5.32 Å². The molecule has 11 heteroatoms. The summed E-state index contributed by atoms with van der Waals surface area (Å²) < 4.78 is 49.5. The highest BCUT2D eigenvalue weighted by Crippen LogP contribution is 2.43. The van der Waals surface area contributed by atoms with Crippen LogP contribution in [0.2, 0.25) is 0 Å². The van der Waals surface area contributed by atoms with Gasteiger partial charge in [-0.1, -0.05) is 12.1 Å². The van der Waals surface area contributed by atoms with E-state index in [-0.39, 0.29) is 40.4 Å². The monoisotopic (exact) mass is 580 g/mol. The van der Waals surface area contributed by atoms with Gasteiger partial charge in [0.25, 0.3) is 11.8 Å². The standard InChI is InChI=1S/C31H31F3N4O4/c1-17-25(35-23-6-3-9-38(31(41)26(17)23)16-18(39)15-37-10-12-42-13-11-37)14-20-28-24(36-30(20)40)8-7-21(32)27(28)19-4-2-5-22(33)29(19)34/h2,4-5,7-8,14,18,35,39H,3,6,9-13,15-16H2,1H3,(H,36,40)/t18-/m0/s1. The lowest BCUT2D eigenvalue weighted by molar-refractivity contribution is -0.110. The summed E-state index contributed by atoms with van der Waals surface area (Å²) in [5.74, 6) is -3.90. The second kappa shape index (κ2) is 11.4. The number of rotatable bonds is 6. The predicted octanol–water partition coefficient (Wildman–Crippen LogP) is 3.98. The van der Waals surface area contributed by atoms with Gasteiger partial charge in [0.05, 0.1) is 30.5 Å². The number of carbonyl (C=O) groups is 2. The van der Waals surface area contributed by atoms with Crippen molar-refractivity contribution in [1.82, 2.24) is 14.8 Å². The third-order valence-corrected chi connectivity index (χ3v) is 8.15. The van der Waals surface area contributed by atoms with Crippen LogP contribution in [0.15, 0.2) is 30.3 Å². The molecule has 42 heavy (non-hydrogen) atoms. The quantitative estimate of drug-likeness (QED) is 0.384. The number of aromatic amines is 1. The van der Waals surface area contributed by atoms with Crippen molar-refractivity contribution in [2.45, 2.75) is 25.9 Å². The summed E-state index contributed by atoms with van der Waals surface area (Å²) in [7, 11) is 0. The third kappa shape index (κ3) is 5.12. The smallest absolute Gasteiger partial charge is 0.256 e. The summed E-state index contributed by atoms with van der Waals surface area (Å²) in [6.07, 6.45) is 2.06. The molecule has 3 aromatic rings. The second-order valence-corrected chi connectivity index (χ2v) is 10.9. The highest BCUT2D eigenvalue weighted by atomic mass is 19.2. The molecule has 3 N–H and O–H groups in total. The summed E-state index contributed by atoms with van der Waals surface area (Å²) in [5, 5.41) is 13.4. The van der Waals surface area contributed by atoms with E-state index >= 15 is 4.39 Å². The van der Waals surface area contributed by atoms with Crippen LogP contribution in [-0.2, 0) is 16.0 Å². The Morgan fingerprint density at radius 2 is 1.79 bits per heavy atom. The molecule has 2 aromatic carbocycles. The Morgan fingerprint density at radius 1 is 1.00 bits per heavy atom. The number of anilines is 1. The SMILES string of the molecule is Cc1c(C=C2C(=O)Nc3ccc(F)c(-c4cccc(F)c4F)c32)[nH]c2c1C(=O)N(C[C@@H](O)CN1CCOCC1)CCC2. The van der Waals surface area contributed by atoms with Crippen molar-refractivity contribution in [1.29, 1.82) is 0 Å². The predicted molar refractivity (Wildman–Crippen MR) is 151 cm³/mol. The number of morpholine rings is 1. The lowest BCUT2D eigenvalue weighted by Crippen LogP contribution is -2.46. The third-order valence-electron chi connectivity index (χ3n) is 8.15. The molecule has 220 valence electrons. The van der Waals surface area contributed by atoms with Crippen molar-refractivity contribution >= 4 is 29.2 Å². The van der Waals surface area contributed by atoms with Gasteiger partial charge in [0.1, 0.15) is 5.82 Å². The number of hydrogen-bond donors (Lipinski definition) is 3. The first-order valence-corrected chi connectivity index (χ1v) is 14.0. The summed E-state index contributed by atoms with van der Waals surface area (Å²) in [4.78, 5) is 33.8. The van der Waals surface area contributed by atoms with Gasteiger partial charge in [0.15, 0.2) is 11.6 Å². The molecule has 0 radical (unpaired) electrons. The lowest BCUT2D eigenvalue weighted by atomic mass is 9.93. The molecule has 1 aromatic heterocycles. The fraction of sp³-hybridized carbons (Fsp3) is 0.355. The van der Waals surface area contributed by atoms with Crippen LogP contribution >= 0.6 is 0 Å². The van der Waals surface area contributed by atoms with Gasteiger partial charge in [-0.2, -0.15) is 0 Å². The topological polar surface area (TPSA) is 97.9 Å². The number of ether oxygens (including phenoxy) is 1. The molecule has 4 heterocycles. The molecule has 0 unspecified atom stereocenters. The fourth-order valence-electron chi connectivity index (χ4n) is 6.08. The van der Waals surface area contributed by atoms with Gasteiger partial charge >= 0.3 is 0 Å². The van der Waals surface area contributed by atoms with Gasteiger partial charge in [0.2, 0.25) is 0 Å². The van der Waals surface area contributed by atoms with Crippen LogP contribution in [0.3, 0.4) is 0 Å². The van der Waals surface area contributed by atoms with Gasteiger partial charge in [-0.25, -0.2) is 13.2 Å². The number of benzene rings is 2. The van der Waals surface area contributed by atoms with E-state index in [1.807, 2.05) is 0 Å². The molecular formula is C31H31F3N4O4. The number of fused-ring (bicyclic) bond motifs is 2. The Labute approximate surface area is 240 Å². The second-order valence-electron chi connectivity index (χ2n) is 10.9. The number of nitrogens with zero attached hydrogens (tertiary/aromatic N) is 2. The number of aliphatic hydroxyl groups is 1. The highest BCUT2D eigenvalue weighted by molar-refractivity contribution is 6.36. The first-order valence-electron chi connectivity index (χ1n) is 14.0. The average molecular weight is 581 g/mol. The van der Waals surface area contributed by atoms with Crippen molar-refractivity contribution in [2.24, 2.45) is 0 Å². The van der Waals surface area contributed by atoms with E-state index in [4.69, 9.17) is 4.74 Å². The number of amides is 2. The molecule has 0 saturated carbocycles. The number of H-pyrrole nitrogens is 1. The van der Waals surface area contributed by atoms with Crippen molar-refractivity contribution in [3.8, 4) is 11.1 Å². The number of hydrogen-bond acceptors (Lipinski definition) is 5. The van der Waals surface area contributed by atoms with Gasteiger partial charge in [-0.05, 0) is 49.6 Å². The number of nitrogens with one attached hydrogen (secondary N) is 2. The number of aliphatic hydroxyl groups excluding tert-OH is 1. The van der Waals surface area contributed by atoms with Crippen molar-refractivity contribution in [3.63, 3.8) is 0 Å². The minimum absolute atomic E-state index is 0.0629. The molecule has 1 fully saturated rings. The molecule has 0 bridgehead atoms. The maximum atomic E-state index is 15.2. The van der Waals surface area contributed by atoms with Crippen molar-refractivity contribution < 1.29 is 32.6 Å². The first-order chi connectivity index (χ1) is 20.2. The van der Waals surface area contributed by atoms with Crippen molar-refractivity contribution in [3.05, 3.63) is 75.9 Å². The number of aryl methyl sites for hydroxylation is 1. The molecule has 3 aliphatic heterocycles. The molecule has 0 aliphatic carbocycles. The van der Waals surface area contributed by atoms with E-state index in [1.165, 1.54) is 24.3 Å². The maximum absolute atomic E-state index is 15.2. The van der Waals surface area contributed by atoms with Gasteiger partial charge in [0, 0.05) is 66.5 Å². The van der Waals surface area contributed by atoms with Gasteiger partial charge in [-0.3, -0.25) is 14.5 Å². The van der Waals surface area contributed by atoms with Crippen LogP contribution in [-0.4, -0.2) is 83.7 Å². The normalized spacial score (nSPS) is 19.1. The summed E-state index contributed by atoms with van der Waals surface area (Å²) >= 11 is 0. The largest absolute Gasteiger partial charge is 0.390 e. The molecule has 8 nitrogen and oxygen atoms in total. The molecule has 2 amide bonds. The zero-order chi connectivity index (χ0) is 29.5. The lowest BCUT2D eigenvalue weighted by Gasteiger charge is -2.31. The van der Waals surface area contributed by atoms with E-state index in [1.54, 1.807) is 11.8 Å². The van der Waals surface area contributed by atoms with Crippen LogP contribution in [0.4, 0.5) is 18.9 Å². The van der Waals surface area contributed by atoms with Gasteiger partial charge in [-0.15, -0.1) is 0 Å². The zero-order valence-corrected chi connectivity index (χ0v) is 23.1. The number of aromatic nitrogens is 1. The Hall–Kier alpha value is -3.93. The van der Waals surface area contributed by atoms with E-state index in [9.17, 15) is 23.5 Å². The Bertz CT molecular complexity index is 1600. The fourth-order valence-corrected chi connectivity index (χ4v) is 6.08. The van der Waals surface area contributed by atoms with E-state index < -0.39 is 29.5 Å². The summed E-state index contributed by atoms with van der Waals surface area (Å²) in [6.45, 7) is 5.60. The van der Waals surface area contributed by atoms with Gasteiger partial charge < -0.3 is 25.0 Å². The van der Waals surface area contributed by atoms with Crippen LogP contribution in [0.1, 0.15) is 39.3 Å². The van der Waals surface area contributed by atoms with E-state index in [2.05, 4.69) is 15.2 Å². The average Bonchev–Trinajstić information content (AvgIpc) is 3.39. The molecule has 6 rings (SSSR count). The molecule has 0 spiro atoms. The van der Waals surface area contributed by atoms with Crippen molar-refractivity contribution in [2.75, 3.05) is 51.3 Å². The summed E-state index contributed by atoms with van der Waals surface area (Å²) in [6, 6.07) is 5.97. The Kier molecular flexibility index (Phi) is 7.65. The molecular weight excluding hydrogens is 549 g/mol. The number of halogens is 3. The van der Waals surface area contributed by atoms with Crippen LogP contribution in [0.5, 0.6) is 0 Å². The summed E-state index contributed by atoms with van der Waals surface area (Å²) in [5.41, 5.74) is 2.21. The molecule has 1 atom stereocenters. The maximum Gasteiger partial charge on any atom is 0.256 e. The highest BCUT2D eigenvalue weighted by Gasteiger charge is 2.33. The number of carbonyl (C=O) groups excluding carboxylic acids is 2. The first kappa shape index (κ1) is 28.2. The van der Waals surface area contributed by atoms with Crippen LogP contribution in [0.25, 0.3) is 22.8 Å². The Balaban J connectivity index is 1.33. The van der Waals surface area contributed by atoms with Crippen LogP contribution in [0, 0.1) is 24.4 Å². The van der Waals surface area contributed by atoms with E-state index in [0.717, 1.165) is 25.2 Å². The minimum atomic E-state index is -1.22. The molecule has 3 aliphatic rings. The zero-order valence-electron chi connectivity index (χ0n) is 23.1. The van der Waals surface area contributed by atoms with E-state index in [0.29, 0.717) is 61.7 Å². The Morgan fingerprint density at radius 3 is 2.57 bits per heavy atom. The minimum Gasteiger partial charge on any atom is -0.390 e. The number of β-amino-alcohol motifs (C(OH)–C–C–N with tert-alkyl or cyclic N) is 1.